The van der Waals surface area contributed by atoms with E-state index in [2.05, 4.69) is 10.4 Å². The molecule has 31 heavy (non-hydrogen) atoms. The molecule has 0 saturated heterocycles. The van der Waals surface area contributed by atoms with Crippen LogP contribution >= 0.6 is 11.6 Å². The Morgan fingerprint density at radius 1 is 1.23 bits per heavy atom. The van der Waals surface area contributed by atoms with E-state index in [-0.39, 0.29) is 18.4 Å². The standard InChI is InChI=1S/C23H23ClN4O3/c1-15-11-20-21(29)28(18-5-4-6-19(12-18)31-3)23(2,14-27(20)26-15)22(30)25-13-16-7-9-17(24)10-8-16/h4-12H,13-14H2,1-3H3,(H,25,30)/t23-/m0/s1. The van der Waals surface area contributed by atoms with Crippen molar-refractivity contribution < 1.29 is 14.3 Å². The van der Waals surface area contributed by atoms with Gasteiger partial charge in [-0.1, -0.05) is 29.8 Å². The van der Waals surface area contributed by atoms with Gasteiger partial charge >= 0.3 is 0 Å². The molecule has 0 spiro atoms. The van der Waals surface area contributed by atoms with E-state index >= 15 is 0 Å². The summed E-state index contributed by atoms with van der Waals surface area (Å²) >= 11 is 5.94. The van der Waals surface area contributed by atoms with Crippen molar-refractivity contribution in [1.29, 1.82) is 0 Å². The summed E-state index contributed by atoms with van der Waals surface area (Å²) in [6.45, 7) is 4.12. The van der Waals surface area contributed by atoms with E-state index in [4.69, 9.17) is 16.3 Å². The summed E-state index contributed by atoms with van der Waals surface area (Å²) in [6, 6.07) is 16.1. The molecule has 4 rings (SSSR count). The number of nitrogens with one attached hydrogen (secondary N) is 1. The summed E-state index contributed by atoms with van der Waals surface area (Å²) in [6.07, 6.45) is 0. The zero-order chi connectivity index (χ0) is 22.2. The van der Waals surface area contributed by atoms with Gasteiger partial charge in [-0.2, -0.15) is 5.10 Å². The number of anilines is 1. The fourth-order valence-corrected chi connectivity index (χ4v) is 3.97. The average molecular weight is 439 g/mol. The number of nitrogens with zero attached hydrogens (tertiary/aromatic N) is 3. The van der Waals surface area contributed by atoms with E-state index in [0.717, 1.165) is 11.3 Å². The molecule has 1 aliphatic rings. The smallest absolute Gasteiger partial charge is 0.277 e. The predicted molar refractivity (Wildman–Crippen MR) is 118 cm³/mol. The average Bonchev–Trinajstić information content (AvgIpc) is 3.13. The summed E-state index contributed by atoms with van der Waals surface area (Å²) in [7, 11) is 1.56. The molecular weight excluding hydrogens is 416 g/mol. The SMILES string of the molecule is COc1cccc(N2C(=O)c3cc(C)nn3C[C@@]2(C)C(=O)NCc2ccc(Cl)cc2)c1. The second-order valence-electron chi connectivity index (χ2n) is 7.75. The lowest BCUT2D eigenvalue weighted by Gasteiger charge is -2.43. The van der Waals surface area contributed by atoms with Crippen LogP contribution in [0.15, 0.2) is 54.6 Å². The third-order valence-electron chi connectivity index (χ3n) is 5.44. The lowest BCUT2D eigenvalue weighted by atomic mass is 9.93. The topological polar surface area (TPSA) is 76.5 Å². The summed E-state index contributed by atoms with van der Waals surface area (Å²) in [5, 5.41) is 8.02. The molecule has 1 aliphatic heterocycles. The first-order chi connectivity index (χ1) is 14.8. The Labute approximate surface area is 185 Å². The van der Waals surface area contributed by atoms with Gasteiger partial charge in [-0.15, -0.1) is 0 Å². The lowest BCUT2D eigenvalue weighted by molar-refractivity contribution is -0.126. The number of methoxy groups -OCH3 is 1. The molecular formula is C23H23ClN4O3. The Morgan fingerprint density at radius 3 is 2.68 bits per heavy atom. The zero-order valence-electron chi connectivity index (χ0n) is 17.6. The molecule has 2 heterocycles. The molecule has 1 aromatic heterocycles. The first-order valence-corrected chi connectivity index (χ1v) is 10.3. The van der Waals surface area contributed by atoms with Gasteiger partial charge in [0.15, 0.2) is 0 Å². The first kappa shape index (κ1) is 20.9. The van der Waals surface area contributed by atoms with Crippen LogP contribution in [0.25, 0.3) is 0 Å². The highest BCUT2D eigenvalue weighted by Gasteiger charge is 2.48. The number of rotatable bonds is 5. The maximum atomic E-state index is 13.5. The first-order valence-electron chi connectivity index (χ1n) is 9.87. The number of fused-ring (bicyclic) bond motifs is 1. The Hall–Kier alpha value is -3.32. The molecule has 0 radical (unpaired) electrons. The van der Waals surface area contributed by atoms with Crippen LogP contribution in [0.3, 0.4) is 0 Å². The van der Waals surface area contributed by atoms with Crippen LogP contribution < -0.4 is 15.0 Å². The lowest BCUT2D eigenvalue weighted by Crippen LogP contribution is -2.64. The van der Waals surface area contributed by atoms with Crippen molar-refractivity contribution in [3.05, 3.63) is 76.6 Å². The molecule has 0 saturated carbocycles. The molecule has 0 unspecified atom stereocenters. The van der Waals surface area contributed by atoms with Crippen molar-refractivity contribution in [1.82, 2.24) is 15.1 Å². The molecule has 3 aromatic rings. The van der Waals surface area contributed by atoms with Crippen molar-refractivity contribution in [2.24, 2.45) is 0 Å². The number of aryl methyl sites for hydroxylation is 1. The minimum Gasteiger partial charge on any atom is -0.497 e. The van der Waals surface area contributed by atoms with Gasteiger partial charge in [0, 0.05) is 23.3 Å². The van der Waals surface area contributed by atoms with Crippen LogP contribution in [0.2, 0.25) is 5.02 Å². The van der Waals surface area contributed by atoms with E-state index in [0.29, 0.717) is 28.7 Å². The quantitative estimate of drug-likeness (QED) is 0.660. The Kier molecular flexibility index (Phi) is 5.45. The van der Waals surface area contributed by atoms with E-state index in [9.17, 15) is 9.59 Å². The monoisotopic (exact) mass is 438 g/mol. The molecule has 0 fully saturated rings. The Bertz CT molecular complexity index is 1140. The number of hydrogen-bond donors (Lipinski definition) is 1. The van der Waals surface area contributed by atoms with Crippen LogP contribution in [-0.2, 0) is 17.9 Å². The van der Waals surface area contributed by atoms with Gasteiger partial charge in [0.1, 0.15) is 17.0 Å². The molecule has 7 nitrogen and oxygen atoms in total. The number of hydrogen-bond acceptors (Lipinski definition) is 4. The van der Waals surface area contributed by atoms with E-state index in [1.807, 2.05) is 19.1 Å². The van der Waals surface area contributed by atoms with Crippen LogP contribution in [-0.4, -0.2) is 34.2 Å². The van der Waals surface area contributed by atoms with Crippen LogP contribution in [0.5, 0.6) is 5.75 Å². The maximum absolute atomic E-state index is 13.5. The number of benzene rings is 2. The minimum absolute atomic E-state index is 0.228. The summed E-state index contributed by atoms with van der Waals surface area (Å²) < 4.78 is 6.94. The molecule has 0 aliphatic carbocycles. The molecule has 0 bridgehead atoms. The molecule has 160 valence electrons. The number of carbonyl (C=O) groups is 2. The van der Waals surface area contributed by atoms with E-state index in [1.54, 1.807) is 61.2 Å². The van der Waals surface area contributed by atoms with Crippen molar-refractivity contribution in [2.75, 3.05) is 12.0 Å². The summed E-state index contributed by atoms with van der Waals surface area (Å²) in [5.74, 6) is 0.0335. The zero-order valence-corrected chi connectivity index (χ0v) is 18.3. The number of aromatic nitrogens is 2. The highest BCUT2D eigenvalue weighted by atomic mass is 35.5. The third kappa shape index (κ3) is 3.88. The Balaban J connectivity index is 1.71. The number of amides is 2. The van der Waals surface area contributed by atoms with Crippen molar-refractivity contribution in [2.45, 2.75) is 32.5 Å². The fourth-order valence-electron chi connectivity index (χ4n) is 3.84. The van der Waals surface area contributed by atoms with Crippen LogP contribution in [0.4, 0.5) is 5.69 Å². The summed E-state index contributed by atoms with van der Waals surface area (Å²) in [4.78, 5) is 28.5. The molecule has 1 atom stereocenters. The van der Waals surface area contributed by atoms with E-state index in [1.165, 1.54) is 4.90 Å². The van der Waals surface area contributed by atoms with E-state index < -0.39 is 5.54 Å². The van der Waals surface area contributed by atoms with Gasteiger partial charge in [0.25, 0.3) is 5.91 Å². The van der Waals surface area contributed by atoms with Gasteiger partial charge in [-0.25, -0.2) is 0 Å². The normalized spacial score (nSPS) is 17.9. The molecule has 1 N–H and O–H groups in total. The largest absolute Gasteiger partial charge is 0.497 e. The number of halogens is 1. The van der Waals surface area contributed by atoms with Gasteiger partial charge in [-0.05, 0) is 49.7 Å². The third-order valence-corrected chi connectivity index (χ3v) is 5.69. The van der Waals surface area contributed by atoms with Crippen LogP contribution in [0, 0.1) is 6.92 Å². The fraction of sp³-hybridized carbons (Fsp3) is 0.261. The van der Waals surface area contributed by atoms with Gasteiger partial charge in [0.05, 0.1) is 19.3 Å². The predicted octanol–water partition coefficient (Wildman–Crippen LogP) is 3.59. The maximum Gasteiger partial charge on any atom is 0.277 e. The Morgan fingerprint density at radius 2 is 1.97 bits per heavy atom. The molecule has 2 aromatic carbocycles. The molecule has 2 amide bonds. The van der Waals surface area contributed by atoms with Gasteiger partial charge in [-0.3, -0.25) is 19.2 Å². The number of ether oxygens (including phenoxy) is 1. The second-order valence-corrected chi connectivity index (χ2v) is 8.19. The highest BCUT2D eigenvalue weighted by molar-refractivity contribution is 6.30. The minimum atomic E-state index is -1.19. The summed E-state index contributed by atoms with van der Waals surface area (Å²) in [5.41, 5.74) is 1.47. The van der Waals surface area contributed by atoms with Crippen LogP contribution in [0.1, 0.15) is 28.7 Å². The van der Waals surface area contributed by atoms with Gasteiger partial charge in [0.2, 0.25) is 5.91 Å². The van der Waals surface area contributed by atoms with Gasteiger partial charge < -0.3 is 10.1 Å². The number of carbonyl (C=O) groups excluding carboxylic acids is 2. The second kappa shape index (κ2) is 8.07. The van der Waals surface area contributed by atoms with Crippen molar-refractivity contribution >= 4 is 29.1 Å². The van der Waals surface area contributed by atoms with Crippen molar-refractivity contribution in [3.8, 4) is 5.75 Å². The highest BCUT2D eigenvalue weighted by Crippen LogP contribution is 2.34. The van der Waals surface area contributed by atoms with Crippen molar-refractivity contribution in [3.63, 3.8) is 0 Å². The molecule has 8 heteroatoms.